The van der Waals surface area contributed by atoms with Gasteiger partial charge in [-0.2, -0.15) is 0 Å². The molecule has 1 N–H and O–H groups in total. The predicted molar refractivity (Wildman–Crippen MR) is 68.8 cm³/mol. The van der Waals surface area contributed by atoms with E-state index in [0.29, 0.717) is 0 Å². The van der Waals surface area contributed by atoms with Gasteiger partial charge in [0.1, 0.15) is 18.1 Å². The topological polar surface area (TPSA) is 66.8 Å². The number of amides is 1. The van der Waals surface area contributed by atoms with Crippen LogP contribution in [0.2, 0.25) is 0 Å². The van der Waals surface area contributed by atoms with Crippen molar-refractivity contribution < 1.29 is 23.8 Å². The number of hydrogen-bond acceptors (Lipinski definition) is 4. The van der Waals surface area contributed by atoms with Crippen molar-refractivity contribution in [3.63, 3.8) is 0 Å². The van der Waals surface area contributed by atoms with Crippen LogP contribution in [0.4, 0.5) is 4.39 Å². The van der Waals surface area contributed by atoms with Crippen LogP contribution in [0, 0.1) is 5.82 Å². The van der Waals surface area contributed by atoms with Gasteiger partial charge in [0.15, 0.2) is 0 Å². The Hall–Kier alpha value is -2.11. The van der Waals surface area contributed by atoms with E-state index in [1.807, 2.05) is 0 Å². The summed E-state index contributed by atoms with van der Waals surface area (Å²) in [7, 11) is 0. The maximum Gasteiger partial charge on any atom is 0.325 e. The number of halogens is 1. The molecule has 0 saturated heterocycles. The molecule has 20 heavy (non-hydrogen) atoms. The van der Waals surface area contributed by atoms with Gasteiger partial charge in [0.05, 0.1) is 12.2 Å². The van der Waals surface area contributed by atoms with E-state index in [-0.39, 0.29) is 30.5 Å². The van der Waals surface area contributed by atoms with E-state index in [2.05, 4.69) is 0 Å². The normalized spacial score (nSPS) is 13.9. The second-order valence-corrected chi connectivity index (χ2v) is 4.63. The van der Waals surface area contributed by atoms with Crippen LogP contribution in [-0.4, -0.2) is 41.1 Å². The summed E-state index contributed by atoms with van der Waals surface area (Å²) in [6.45, 7) is 1.73. The summed E-state index contributed by atoms with van der Waals surface area (Å²) in [5.74, 6) is -1.98. The Bertz CT molecular complexity index is 528. The first-order valence-electron chi connectivity index (χ1n) is 6.48. The first kappa shape index (κ1) is 14.3. The zero-order valence-corrected chi connectivity index (χ0v) is 11.1. The Labute approximate surface area is 116 Å². The zero-order valence-electron chi connectivity index (χ0n) is 11.1. The molecule has 0 spiro atoms. The highest BCUT2D eigenvalue weighted by Gasteiger charge is 2.35. The van der Waals surface area contributed by atoms with Crippen molar-refractivity contribution in [3.05, 3.63) is 29.6 Å². The molecule has 5 nitrogen and oxygen atoms in total. The van der Waals surface area contributed by atoms with Gasteiger partial charge in [0, 0.05) is 6.04 Å². The van der Waals surface area contributed by atoms with E-state index in [0.717, 1.165) is 31.0 Å². The minimum atomic E-state index is -0.613. The monoisotopic (exact) mass is 281 g/mol. The number of carbonyl (C=O) groups excluding carboxylic acids is 2. The third kappa shape index (κ3) is 3.26. The molecule has 0 aliphatic heterocycles. The molecular weight excluding hydrogens is 265 g/mol. The predicted octanol–water partition coefficient (Wildman–Crippen LogP) is 1.70. The summed E-state index contributed by atoms with van der Waals surface area (Å²) in [5.41, 5.74) is -0.138. The Kier molecular flexibility index (Phi) is 4.22. The number of benzene rings is 1. The van der Waals surface area contributed by atoms with Crippen LogP contribution < -0.4 is 0 Å². The molecule has 0 unspecified atom stereocenters. The lowest BCUT2D eigenvalue weighted by Crippen LogP contribution is -2.38. The zero-order chi connectivity index (χ0) is 14.7. The first-order valence-corrected chi connectivity index (χ1v) is 6.48. The van der Waals surface area contributed by atoms with Gasteiger partial charge in [-0.3, -0.25) is 9.59 Å². The maximum absolute atomic E-state index is 13.2. The average molecular weight is 281 g/mol. The molecule has 1 aromatic rings. The van der Waals surface area contributed by atoms with Gasteiger partial charge in [-0.15, -0.1) is 0 Å². The van der Waals surface area contributed by atoms with Gasteiger partial charge in [-0.05, 0) is 38.0 Å². The number of nitrogens with zero attached hydrogens (tertiary/aromatic N) is 1. The molecule has 0 bridgehead atoms. The Morgan fingerprint density at radius 3 is 2.75 bits per heavy atom. The number of ether oxygens (including phenoxy) is 1. The van der Waals surface area contributed by atoms with Gasteiger partial charge < -0.3 is 14.7 Å². The van der Waals surface area contributed by atoms with Crippen LogP contribution in [0.3, 0.4) is 0 Å². The Morgan fingerprint density at radius 2 is 2.15 bits per heavy atom. The fourth-order valence-electron chi connectivity index (χ4n) is 1.93. The second-order valence-electron chi connectivity index (χ2n) is 4.63. The van der Waals surface area contributed by atoms with Gasteiger partial charge in [0.2, 0.25) is 0 Å². The quantitative estimate of drug-likeness (QED) is 0.834. The standard InChI is InChI=1S/C14H16FNO4/c1-2-20-13(18)8-16(10-4-5-10)14(19)11-7-9(15)3-6-12(11)17/h3,6-7,10,17H,2,4-5,8H2,1H3. The maximum atomic E-state index is 13.2. The average Bonchev–Trinajstić information content (AvgIpc) is 3.23. The lowest BCUT2D eigenvalue weighted by molar-refractivity contribution is -0.144. The van der Waals surface area contributed by atoms with E-state index >= 15 is 0 Å². The Morgan fingerprint density at radius 1 is 1.45 bits per heavy atom. The minimum Gasteiger partial charge on any atom is -0.507 e. The first-order chi connectivity index (χ1) is 9.52. The minimum absolute atomic E-state index is 0.0467. The highest BCUT2D eigenvalue weighted by atomic mass is 19.1. The number of phenols is 1. The fourth-order valence-corrected chi connectivity index (χ4v) is 1.93. The van der Waals surface area contributed by atoms with Crippen LogP contribution in [-0.2, 0) is 9.53 Å². The fraction of sp³-hybridized carbons (Fsp3) is 0.429. The molecule has 1 aromatic carbocycles. The summed E-state index contributed by atoms with van der Waals surface area (Å²) in [6.07, 6.45) is 1.59. The molecule has 1 fully saturated rings. The molecule has 1 aliphatic carbocycles. The third-order valence-corrected chi connectivity index (χ3v) is 3.04. The van der Waals surface area contributed by atoms with Crippen molar-refractivity contribution in [1.29, 1.82) is 0 Å². The van der Waals surface area contributed by atoms with Crippen molar-refractivity contribution in [2.24, 2.45) is 0 Å². The van der Waals surface area contributed by atoms with Crippen molar-refractivity contribution in [2.45, 2.75) is 25.8 Å². The molecule has 108 valence electrons. The highest BCUT2D eigenvalue weighted by Crippen LogP contribution is 2.30. The van der Waals surface area contributed by atoms with Crippen molar-refractivity contribution in [1.82, 2.24) is 4.90 Å². The molecule has 0 atom stereocenters. The molecule has 1 aliphatic rings. The number of hydrogen-bond donors (Lipinski definition) is 1. The van der Waals surface area contributed by atoms with E-state index in [1.54, 1.807) is 6.92 Å². The number of aromatic hydroxyl groups is 1. The van der Waals surface area contributed by atoms with E-state index in [1.165, 1.54) is 4.90 Å². The molecule has 2 rings (SSSR count). The molecule has 0 heterocycles. The van der Waals surface area contributed by atoms with Crippen LogP contribution in [0.1, 0.15) is 30.1 Å². The van der Waals surface area contributed by atoms with Crippen molar-refractivity contribution in [2.75, 3.05) is 13.2 Å². The second kappa shape index (κ2) is 5.90. The lowest BCUT2D eigenvalue weighted by atomic mass is 10.1. The summed E-state index contributed by atoms with van der Waals surface area (Å²) in [4.78, 5) is 25.2. The molecule has 6 heteroatoms. The van der Waals surface area contributed by atoms with Crippen molar-refractivity contribution in [3.8, 4) is 5.75 Å². The summed E-state index contributed by atoms with van der Waals surface area (Å²) in [5, 5.41) is 9.66. The summed E-state index contributed by atoms with van der Waals surface area (Å²) < 4.78 is 18.0. The molecule has 0 aromatic heterocycles. The largest absolute Gasteiger partial charge is 0.507 e. The molecular formula is C14H16FNO4. The summed E-state index contributed by atoms with van der Waals surface area (Å²) >= 11 is 0. The Balaban J connectivity index is 2.18. The number of carbonyl (C=O) groups is 2. The lowest BCUT2D eigenvalue weighted by Gasteiger charge is -2.21. The van der Waals surface area contributed by atoms with Gasteiger partial charge >= 0.3 is 5.97 Å². The number of rotatable bonds is 5. The van der Waals surface area contributed by atoms with E-state index < -0.39 is 17.7 Å². The highest BCUT2D eigenvalue weighted by molar-refractivity contribution is 5.98. The van der Waals surface area contributed by atoms with Gasteiger partial charge in [-0.1, -0.05) is 0 Å². The van der Waals surface area contributed by atoms with Crippen LogP contribution >= 0.6 is 0 Å². The molecule has 0 radical (unpaired) electrons. The van der Waals surface area contributed by atoms with Gasteiger partial charge in [-0.25, -0.2) is 4.39 Å². The van der Waals surface area contributed by atoms with Crippen LogP contribution in [0.15, 0.2) is 18.2 Å². The van der Waals surface area contributed by atoms with Crippen LogP contribution in [0.5, 0.6) is 5.75 Å². The number of esters is 1. The van der Waals surface area contributed by atoms with Crippen LogP contribution in [0.25, 0.3) is 0 Å². The van der Waals surface area contributed by atoms with Gasteiger partial charge in [0.25, 0.3) is 5.91 Å². The van der Waals surface area contributed by atoms with E-state index in [9.17, 15) is 19.1 Å². The molecule has 1 amide bonds. The summed E-state index contributed by atoms with van der Waals surface area (Å²) in [6, 6.07) is 3.12. The number of phenolic OH excluding ortho intramolecular Hbond substituents is 1. The van der Waals surface area contributed by atoms with Crippen molar-refractivity contribution >= 4 is 11.9 Å². The SMILES string of the molecule is CCOC(=O)CN(C(=O)c1cc(F)ccc1O)C1CC1. The van der Waals surface area contributed by atoms with E-state index in [4.69, 9.17) is 4.74 Å². The molecule has 1 saturated carbocycles. The third-order valence-electron chi connectivity index (χ3n) is 3.04. The smallest absolute Gasteiger partial charge is 0.325 e.